The fraction of sp³-hybridized carbons (Fsp3) is 0.238. The number of nitrogen functional groups attached to an aromatic ring is 1. The minimum absolute atomic E-state index is 0.0493. The summed E-state index contributed by atoms with van der Waals surface area (Å²) in [6.07, 6.45) is 2.69. The maximum Gasteiger partial charge on any atom is 0.361 e. The van der Waals surface area contributed by atoms with Crippen molar-refractivity contribution in [2.75, 3.05) is 25.6 Å². The Morgan fingerprint density at radius 2 is 1.83 bits per heavy atom. The number of esters is 1. The molecule has 3 aromatic rings. The van der Waals surface area contributed by atoms with Gasteiger partial charge in [0.15, 0.2) is 29.6 Å². The van der Waals surface area contributed by atoms with Gasteiger partial charge in [-0.25, -0.2) is 14.8 Å². The molecule has 1 aliphatic rings. The summed E-state index contributed by atoms with van der Waals surface area (Å²) in [5, 5.41) is 0. The van der Waals surface area contributed by atoms with E-state index in [2.05, 4.69) is 9.97 Å². The van der Waals surface area contributed by atoms with Crippen LogP contribution in [0.15, 0.2) is 36.7 Å². The monoisotopic (exact) mass is 408 g/mol. The highest BCUT2D eigenvalue weighted by Crippen LogP contribution is 2.33. The van der Waals surface area contributed by atoms with Gasteiger partial charge < -0.3 is 24.5 Å². The number of fused-ring (bicyclic) bond motifs is 1. The van der Waals surface area contributed by atoms with E-state index in [1.807, 2.05) is 36.6 Å². The number of aryl methyl sites for hydroxylation is 1. The SMILES string of the molecule is Cc1cc(C(=O)COC(=O)c2nccnc2N)c(C)n1-c1ccc2c(c1)OCCO2. The molecule has 0 fully saturated rings. The zero-order valence-electron chi connectivity index (χ0n) is 16.5. The van der Waals surface area contributed by atoms with Gasteiger partial charge in [-0.3, -0.25) is 4.79 Å². The Balaban J connectivity index is 1.54. The molecule has 0 atom stereocenters. The van der Waals surface area contributed by atoms with Crippen LogP contribution in [0.2, 0.25) is 0 Å². The Bertz CT molecular complexity index is 1140. The number of nitrogens with two attached hydrogens (primary N) is 1. The summed E-state index contributed by atoms with van der Waals surface area (Å²) in [4.78, 5) is 32.5. The summed E-state index contributed by atoms with van der Waals surface area (Å²) in [7, 11) is 0. The van der Waals surface area contributed by atoms with E-state index in [9.17, 15) is 9.59 Å². The summed E-state index contributed by atoms with van der Waals surface area (Å²) in [5.74, 6) is 0.178. The number of anilines is 1. The Kier molecular flexibility index (Phi) is 5.09. The minimum atomic E-state index is -0.797. The fourth-order valence-corrected chi connectivity index (χ4v) is 3.40. The molecule has 0 saturated carbocycles. The first-order valence-corrected chi connectivity index (χ1v) is 9.31. The molecule has 0 saturated heterocycles. The summed E-state index contributed by atoms with van der Waals surface area (Å²) in [6.45, 7) is 4.31. The van der Waals surface area contributed by atoms with Crippen LogP contribution < -0.4 is 15.2 Å². The van der Waals surface area contributed by atoms with Crippen molar-refractivity contribution in [3.63, 3.8) is 0 Å². The zero-order valence-corrected chi connectivity index (χ0v) is 16.5. The number of benzene rings is 1. The van der Waals surface area contributed by atoms with E-state index in [0.717, 1.165) is 17.1 Å². The van der Waals surface area contributed by atoms with Crippen LogP contribution in [-0.2, 0) is 4.74 Å². The van der Waals surface area contributed by atoms with Gasteiger partial charge in [-0.05, 0) is 32.0 Å². The van der Waals surface area contributed by atoms with E-state index in [1.165, 1.54) is 12.4 Å². The second kappa shape index (κ2) is 7.86. The molecule has 2 aromatic heterocycles. The third kappa shape index (κ3) is 3.57. The van der Waals surface area contributed by atoms with E-state index in [-0.39, 0.29) is 17.3 Å². The average molecular weight is 408 g/mol. The highest BCUT2D eigenvalue weighted by molar-refractivity contribution is 6.01. The molecule has 154 valence electrons. The molecule has 2 N–H and O–H groups in total. The van der Waals surface area contributed by atoms with Crippen molar-refractivity contribution in [2.45, 2.75) is 13.8 Å². The number of ketones is 1. The predicted molar refractivity (Wildman–Crippen MR) is 107 cm³/mol. The van der Waals surface area contributed by atoms with Crippen LogP contribution in [0.25, 0.3) is 5.69 Å². The number of hydrogen-bond donors (Lipinski definition) is 1. The lowest BCUT2D eigenvalue weighted by molar-refractivity contribution is 0.0469. The third-order valence-electron chi connectivity index (χ3n) is 4.77. The van der Waals surface area contributed by atoms with Crippen molar-refractivity contribution < 1.29 is 23.8 Å². The van der Waals surface area contributed by atoms with E-state index in [1.54, 1.807) is 6.07 Å². The molecule has 4 rings (SSSR count). The van der Waals surface area contributed by atoms with Gasteiger partial charge in [-0.2, -0.15) is 0 Å². The lowest BCUT2D eigenvalue weighted by Crippen LogP contribution is -2.17. The molecule has 0 aliphatic carbocycles. The zero-order chi connectivity index (χ0) is 21.3. The van der Waals surface area contributed by atoms with Crippen LogP contribution in [0.1, 0.15) is 32.2 Å². The molecule has 1 aromatic carbocycles. The van der Waals surface area contributed by atoms with Crippen LogP contribution in [-0.4, -0.2) is 46.1 Å². The quantitative estimate of drug-likeness (QED) is 0.504. The Labute approximate surface area is 172 Å². The molecule has 0 amide bonds. The first kappa shape index (κ1) is 19.4. The van der Waals surface area contributed by atoms with Crippen molar-refractivity contribution in [3.8, 4) is 17.2 Å². The molecular formula is C21H20N4O5. The minimum Gasteiger partial charge on any atom is -0.486 e. The first-order chi connectivity index (χ1) is 14.5. The smallest absolute Gasteiger partial charge is 0.361 e. The summed E-state index contributed by atoms with van der Waals surface area (Å²) in [5.41, 5.74) is 8.39. The molecule has 1 aliphatic heterocycles. The summed E-state index contributed by atoms with van der Waals surface area (Å²) < 4.78 is 18.2. The molecule has 9 nitrogen and oxygen atoms in total. The van der Waals surface area contributed by atoms with Gasteiger partial charge in [0.25, 0.3) is 0 Å². The van der Waals surface area contributed by atoms with Crippen LogP contribution >= 0.6 is 0 Å². The second-order valence-electron chi connectivity index (χ2n) is 6.74. The molecule has 3 heterocycles. The normalized spacial score (nSPS) is 12.5. The Hall–Kier alpha value is -3.88. The van der Waals surface area contributed by atoms with Gasteiger partial charge in [0.05, 0.1) is 0 Å². The van der Waals surface area contributed by atoms with Crippen LogP contribution in [0.3, 0.4) is 0 Å². The van der Waals surface area contributed by atoms with E-state index in [4.69, 9.17) is 19.9 Å². The fourth-order valence-electron chi connectivity index (χ4n) is 3.40. The number of aromatic nitrogens is 3. The summed E-state index contributed by atoms with van der Waals surface area (Å²) >= 11 is 0. The molecule has 0 unspecified atom stereocenters. The van der Waals surface area contributed by atoms with Gasteiger partial charge in [-0.1, -0.05) is 0 Å². The first-order valence-electron chi connectivity index (χ1n) is 9.31. The number of carbonyl (C=O) groups excluding carboxylic acids is 2. The number of Topliss-reactive ketones (excluding diaryl/α,β-unsaturated/α-hetero) is 1. The van der Waals surface area contributed by atoms with Gasteiger partial charge in [-0.15, -0.1) is 0 Å². The van der Waals surface area contributed by atoms with Crippen LogP contribution in [0, 0.1) is 13.8 Å². The molecule has 0 radical (unpaired) electrons. The standard InChI is InChI=1S/C21H20N4O5/c1-12-9-15(16(26)11-30-21(27)19-20(22)24-6-5-23-19)13(2)25(12)14-3-4-17-18(10-14)29-8-7-28-17/h3-6,9-10H,7-8,11H2,1-2H3,(H2,22,24). The van der Waals surface area contributed by atoms with Gasteiger partial charge in [0, 0.05) is 41.1 Å². The second-order valence-corrected chi connectivity index (χ2v) is 6.74. The topological polar surface area (TPSA) is 119 Å². The summed E-state index contributed by atoms with van der Waals surface area (Å²) in [6, 6.07) is 7.38. The van der Waals surface area contributed by atoms with Crippen LogP contribution in [0.4, 0.5) is 5.82 Å². The predicted octanol–water partition coefficient (Wildman–Crippen LogP) is 2.28. The number of nitrogens with zero attached hydrogens (tertiary/aromatic N) is 3. The van der Waals surface area contributed by atoms with Gasteiger partial charge in [0.1, 0.15) is 13.2 Å². The Morgan fingerprint density at radius 3 is 2.60 bits per heavy atom. The molecular weight excluding hydrogens is 388 g/mol. The number of ether oxygens (including phenoxy) is 3. The van der Waals surface area contributed by atoms with Crippen LogP contribution in [0.5, 0.6) is 11.5 Å². The highest BCUT2D eigenvalue weighted by atomic mass is 16.6. The molecule has 9 heteroatoms. The Morgan fingerprint density at radius 1 is 1.10 bits per heavy atom. The van der Waals surface area contributed by atoms with E-state index in [0.29, 0.717) is 30.3 Å². The number of carbonyl (C=O) groups is 2. The average Bonchev–Trinajstić information content (AvgIpc) is 3.05. The lowest BCUT2D eigenvalue weighted by Gasteiger charge is -2.20. The number of rotatable bonds is 5. The maximum absolute atomic E-state index is 12.7. The maximum atomic E-state index is 12.7. The largest absolute Gasteiger partial charge is 0.486 e. The molecule has 30 heavy (non-hydrogen) atoms. The van der Waals surface area contributed by atoms with Crippen molar-refractivity contribution >= 4 is 17.6 Å². The van der Waals surface area contributed by atoms with E-state index < -0.39 is 12.6 Å². The highest BCUT2D eigenvalue weighted by Gasteiger charge is 2.21. The van der Waals surface area contributed by atoms with Crippen molar-refractivity contribution in [3.05, 3.63) is 59.3 Å². The van der Waals surface area contributed by atoms with Crippen molar-refractivity contribution in [2.24, 2.45) is 0 Å². The lowest BCUT2D eigenvalue weighted by atomic mass is 10.1. The van der Waals surface area contributed by atoms with E-state index >= 15 is 0 Å². The van der Waals surface area contributed by atoms with Crippen molar-refractivity contribution in [1.29, 1.82) is 0 Å². The molecule has 0 spiro atoms. The number of hydrogen-bond acceptors (Lipinski definition) is 8. The van der Waals surface area contributed by atoms with Crippen molar-refractivity contribution in [1.82, 2.24) is 14.5 Å². The van der Waals surface area contributed by atoms with Gasteiger partial charge >= 0.3 is 5.97 Å². The molecule has 0 bridgehead atoms. The third-order valence-corrected chi connectivity index (χ3v) is 4.77. The van der Waals surface area contributed by atoms with Gasteiger partial charge in [0.2, 0.25) is 5.78 Å².